The summed E-state index contributed by atoms with van der Waals surface area (Å²) >= 11 is 0. The average molecular weight is 205 g/mol. The molecule has 1 rings (SSSR count). The quantitative estimate of drug-likeness (QED) is 0.707. The van der Waals surface area contributed by atoms with Crippen LogP contribution in [0.4, 0.5) is 5.69 Å². The minimum Gasteiger partial charge on any atom is -0.399 e. The van der Waals surface area contributed by atoms with E-state index in [1.54, 1.807) is 19.9 Å². The predicted octanol–water partition coefficient (Wildman–Crippen LogP) is 0.981. The molecule has 0 unspecified atom stereocenters. The summed E-state index contributed by atoms with van der Waals surface area (Å²) in [7, 11) is 0. The van der Waals surface area contributed by atoms with Crippen molar-refractivity contribution in [3.8, 4) is 0 Å². The molecule has 1 aromatic rings. The van der Waals surface area contributed by atoms with E-state index in [-0.39, 0.29) is 11.8 Å². The number of amides is 2. The number of hydrogen-bond donors (Lipinski definition) is 2. The molecule has 0 aromatic heterocycles. The van der Waals surface area contributed by atoms with E-state index in [2.05, 4.69) is 11.4 Å². The lowest BCUT2D eigenvalue weighted by atomic mass is 10.1. The molecular weight excluding hydrogens is 192 g/mol. The van der Waals surface area contributed by atoms with Crippen molar-refractivity contribution in [2.24, 2.45) is 5.92 Å². The van der Waals surface area contributed by atoms with Gasteiger partial charge in [-0.2, -0.15) is 0 Å². The number of imide groups is 1. The highest BCUT2D eigenvalue weighted by atomic mass is 16.2. The topological polar surface area (TPSA) is 72.2 Å². The highest BCUT2D eigenvalue weighted by molar-refractivity contribution is 6.05. The smallest absolute Gasteiger partial charge is 0.257 e. The fourth-order valence-electron chi connectivity index (χ4n) is 0.950. The summed E-state index contributed by atoms with van der Waals surface area (Å²) in [5.41, 5.74) is 6.27. The Labute approximate surface area is 88.5 Å². The van der Waals surface area contributed by atoms with E-state index in [4.69, 9.17) is 5.73 Å². The Balaban J connectivity index is 2.74. The number of benzene rings is 1. The third kappa shape index (κ3) is 3.09. The second-order valence-electron chi connectivity index (χ2n) is 3.53. The van der Waals surface area contributed by atoms with E-state index in [9.17, 15) is 9.59 Å². The molecule has 1 aromatic carbocycles. The monoisotopic (exact) mass is 205 g/mol. The van der Waals surface area contributed by atoms with Gasteiger partial charge in [-0.05, 0) is 24.3 Å². The van der Waals surface area contributed by atoms with Gasteiger partial charge in [0.1, 0.15) is 0 Å². The van der Waals surface area contributed by atoms with Crippen molar-refractivity contribution in [3.63, 3.8) is 0 Å². The number of carbonyl (C=O) groups excluding carboxylic acids is 2. The number of anilines is 1. The van der Waals surface area contributed by atoms with Gasteiger partial charge in [0, 0.05) is 17.2 Å². The lowest BCUT2D eigenvalue weighted by Crippen LogP contribution is -2.33. The maximum atomic E-state index is 11.5. The molecule has 2 amide bonds. The molecule has 15 heavy (non-hydrogen) atoms. The summed E-state index contributed by atoms with van der Waals surface area (Å²) in [4.78, 5) is 22.7. The van der Waals surface area contributed by atoms with Crippen molar-refractivity contribution < 1.29 is 9.59 Å². The van der Waals surface area contributed by atoms with Crippen LogP contribution in [0.2, 0.25) is 0 Å². The van der Waals surface area contributed by atoms with Gasteiger partial charge in [0.2, 0.25) is 5.91 Å². The van der Waals surface area contributed by atoms with Crippen LogP contribution in [0.25, 0.3) is 0 Å². The lowest BCUT2D eigenvalue weighted by Gasteiger charge is -2.06. The van der Waals surface area contributed by atoms with Gasteiger partial charge in [-0.25, -0.2) is 0 Å². The highest BCUT2D eigenvalue weighted by Gasteiger charge is 2.12. The fourth-order valence-corrected chi connectivity index (χ4v) is 0.950. The van der Waals surface area contributed by atoms with Crippen molar-refractivity contribution in [3.05, 3.63) is 29.8 Å². The van der Waals surface area contributed by atoms with Crippen LogP contribution >= 0.6 is 0 Å². The van der Waals surface area contributed by atoms with E-state index in [0.29, 0.717) is 11.3 Å². The molecule has 0 aliphatic carbocycles. The van der Waals surface area contributed by atoms with Gasteiger partial charge in [-0.1, -0.05) is 13.8 Å². The first kappa shape index (κ1) is 11.2. The molecule has 0 saturated carbocycles. The Hall–Kier alpha value is -1.84. The Morgan fingerprint density at radius 3 is 2.60 bits per heavy atom. The van der Waals surface area contributed by atoms with E-state index in [0.717, 1.165) is 0 Å². The zero-order valence-corrected chi connectivity index (χ0v) is 8.70. The average Bonchev–Trinajstić information content (AvgIpc) is 2.17. The van der Waals surface area contributed by atoms with Gasteiger partial charge in [0.05, 0.1) is 0 Å². The Morgan fingerprint density at radius 1 is 1.40 bits per heavy atom. The van der Waals surface area contributed by atoms with Crippen molar-refractivity contribution >= 4 is 17.5 Å². The van der Waals surface area contributed by atoms with Crippen LogP contribution in [0.15, 0.2) is 18.2 Å². The molecule has 0 aliphatic heterocycles. The van der Waals surface area contributed by atoms with Gasteiger partial charge in [-0.3, -0.25) is 14.9 Å². The molecule has 0 saturated heterocycles. The SMILES string of the molecule is CC(C)C(=O)NC(=O)c1c[c]cc(N)c1. The van der Waals surface area contributed by atoms with E-state index in [1.165, 1.54) is 12.1 Å². The molecule has 0 aliphatic rings. The lowest BCUT2D eigenvalue weighted by molar-refractivity contribution is -0.122. The first-order valence-electron chi connectivity index (χ1n) is 4.62. The van der Waals surface area contributed by atoms with Gasteiger partial charge < -0.3 is 5.73 Å². The molecule has 0 fully saturated rings. The standard InChI is InChI=1S/C11H13N2O2/c1-7(2)10(14)13-11(15)8-4-3-5-9(12)6-8/h4-7H,12H2,1-2H3,(H,13,14,15). The number of nitrogens with two attached hydrogens (primary N) is 1. The summed E-state index contributed by atoms with van der Waals surface area (Å²) in [5, 5.41) is 2.27. The maximum absolute atomic E-state index is 11.5. The number of rotatable bonds is 2. The van der Waals surface area contributed by atoms with E-state index >= 15 is 0 Å². The fraction of sp³-hybridized carbons (Fsp3) is 0.273. The van der Waals surface area contributed by atoms with Gasteiger partial charge in [-0.15, -0.1) is 0 Å². The van der Waals surface area contributed by atoms with Gasteiger partial charge in [0.25, 0.3) is 5.91 Å². The summed E-state index contributed by atoms with van der Waals surface area (Å²) in [5.74, 6) is -0.973. The Kier molecular flexibility index (Phi) is 3.44. The Bertz CT molecular complexity index is 386. The molecule has 3 N–H and O–H groups in total. The first-order chi connectivity index (χ1) is 7.00. The van der Waals surface area contributed by atoms with E-state index < -0.39 is 5.91 Å². The summed E-state index contributed by atoms with van der Waals surface area (Å²) in [6.45, 7) is 3.43. The second-order valence-corrected chi connectivity index (χ2v) is 3.53. The minimum absolute atomic E-state index is 0.223. The van der Waals surface area contributed by atoms with E-state index in [1.807, 2.05) is 0 Å². The molecule has 0 heterocycles. The maximum Gasteiger partial charge on any atom is 0.257 e. The van der Waals surface area contributed by atoms with Gasteiger partial charge >= 0.3 is 0 Å². The number of hydrogen-bond acceptors (Lipinski definition) is 3. The molecule has 79 valence electrons. The third-order valence-corrected chi connectivity index (χ3v) is 1.83. The van der Waals surface area contributed by atoms with Crippen molar-refractivity contribution in [2.45, 2.75) is 13.8 Å². The minimum atomic E-state index is -0.447. The number of carbonyl (C=O) groups is 2. The van der Waals surface area contributed by atoms with Crippen LogP contribution in [-0.4, -0.2) is 11.8 Å². The molecule has 0 spiro atoms. The highest BCUT2D eigenvalue weighted by Crippen LogP contribution is 2.05. The van der Waals surface area contributed by atoms with Crippen LogP contribution in [0.5, 0.6) is 0 Å². The van der Waals surface area contributed by atoms with Crippen molar-refractivity contribution in [1.29, 1.82) is 0 Å². The molecule has 4 nitrogen and oxygen atoms in total. The summed E-state index contributed by atoms with van der Waals surface area (Å²) < 4.78 is 0. The zero-order chi connectivity index (χ0) is 11.4. The number of nitrogens with one attached hydrogen (secondary N) is 1. The molecular formula is C11H13N2O2. The van der Waals surface area contributed by atoms with Crippen LogP contribution < -0.4 is 11.1 Å². The van der Waals surface area contributed by atoms with Crippen LogP contribution in [0.1, 0.15) is 24.2 Å². The van der Waals surface area contributed by atoms with Crippen molar-refractivity contribution in [2.75, 3.05) is 5.73 Å². The second kappa shape index (κ2) is 4.59. The summed E-state index contributed by atoms with van der Waals surface area (Å²) in [6.07, 6.45) is 0. The van der Waals surface area contributed by atoms with Crippen LogP contribution in [0, 0.1) is 12.0 Å². The normalized spacial score (nSPS) is 10.1. The largest absolute Gasteiger partial charge is 0.399 e. The molecule has 0 atom stereocenters. The molecule has 1 radical (unpaired) electrons. The van der Waals surface area contributed by atoms with Gasteiger partial charge in [0.15, 0.2) is 0 Å². The predicted molar refractivity (Wildman–Crippen MR) is 57.0 cm³/mol. The van der Waals surface area contributed by atoms with Crippen LogP contribution in [0.3, 0.4) is 0 Å². The Morgan fingerprint density at radius 2 is 2.07 bits per heavy atom. The summed E-state index contributed by atoms with van der Waals surface area (Å²) in [6, 6.07) is 7.26. The first-order valence-corrected chi connectivity index (χ1v) is 4.62. The van der Waals surface area contributed by atoms with Crippen LogP contribution in [-0.2, 0) is 4.79 Å². The van der Waals surface area contributed by atoms with Crippen molar-refractivity contribution in [1.82, 2.24) is 5.32 Å². The number of nitrogen functional groups attached to an aromatic ring is 1. The third-order valence-electron chi connectivity index (χ3n) is 1.83. The molecule has 0 bridgehead atoms. The zero-order valence-electron chi connectivity index (χ0n) is 8.70. The molecule has 4 heteroatoms.